The Morgan fingerprint density at radius 1 is 1.31 bits per heavy atom. The van der Waals surface area contributed by atoms with E-state index >= 15 is 0 Å². The van der Waals surface area contributed by atoms with Crippen molar-refractivity contribution in [3.63, 3.8) is 0 Å². The summed E-state index contributed by atoms with van der Waals surface area (Å²) in [5.74, 6) is 0.752. The molecular formula is C12H14N2O2. The van der Waals surface area contributed by atoms with E-state index in [4.69, 9.17) is 4.74 Å². The number of aromatic nitrogens is 1. The number of H-pyrrole nitrogens is 1. The highest BCUT2D eigenvalue weighted by atomic mass is 16.5. The largest absolute Gasteiger partial charge is 0.497 e. The number of benzene rings is 1. The van der Waals surface area contributed by atoms with Crippen LogP contribution in [0.1, 0.15) is 0 Å². The monoisotopic (exact) mass is 218 g/mol. The molecule has 0 bridgehead atoms. The van der Waals surface area contributed by atoms with Gasteiger partial charge in [-0.15, -0.1) is 0 Å². The molecular weight excluding hydrogens is 204 g/mol. The molecule has 0 aliphatic heterocycles. The van der Waals surface area contributed by atoms with E-state index in [1.165, 1.54) is 0 Å². The Balaban J connectivity index is 2.88. The van der Waals surface area contributed by atoms with Gasteiger partial charge in [-0.3, -0.25) is 4.79 Å². The molecule has 4 nitrogen and oxygen atoms in total. The van der Waals surface area contributed by atoms with Crippen molar-refractivity contribution in [1.82, 2.24) is 4.98 Å². The number of methoxy groups -OCH3 is 1. The van der Waals surface area contributed by atoms with Crippen LogP contribution in [0.5, 0.6) is 5.75 Å². The third kappa shape index (κ3) is 1.62. The van der Waals surface area contributed by atoms with Crippen molar-refractivity contribution in [3.8, 4) is 5.75 Å². The van der Waals surface area contributed by atoms with Gasteiger partial charge in [-0.05, 0) is 17.5 Å². The van der Waals surface area contributed by atoms with Crippen molar-refractivity contribution >= 4 is 16.5 Å². The van der Waals surface area contributed by atoms with Gasteiger partial charge in [0.25, 0.3) is 5.56 Å². The van der Waals surface area contributed by atoms with Crippen LogP contribution in [0.25, 0.3) is 10.8 Å². The van der Waals surface area contributed by atoms with E-state index in [0.29, 0.717) is 5.39 Å². The van der Waals surface area contributed by atoms with Gasteiger partial charge in [-0.25, -0.2) is 0 Å². The maximum absolute atomic E-state index is 11.8. The van der Waals surface area contributed by atoms with Gasteiger partial charge in [0, 0.05) is 26.4 Å². The second kappa shape index (κ2) is 3.89. The van der Waals surface area contributed by atoms with Crippen molar-refractivity contribution < 1.29 is 4.74 Å². The Morgan fingerprint density at radius 3 is 2.69 bits per heavy atom. The number of ether oxygens (including phenoxy) is 1. The van der Waals surface area contributed by atoms with Crippen LogP contribution in [-0.2, 0) is 0 Å². The average Bonchev–Trinajstić information content (AvgIpc) is 2.27. The maximum atomic E-state index is 11.8. The zero-order valence-corrected chi connectivity index (χ0v) is 9.57. The zero-order chi connectivity index (χ0) is 11.7. The van der Waals surface area contributed by atoms with Gasteiger partial charge < -0.3 is 14.6 Å². The Morgan fingerprint density at radius 2 is 2.06 bits per heavy atom. The summed E-state index contributed by atoms with van der Waals surface area (Å²) in [5, 5.41) is 1.57. The van der Waals surface area contributed by atoms with Gasteiger partial charge in [0.15, 0.2) is 0 Å². The van der Waals surface area contributed by atoms with Crippen LogP contribution in [0.15, 0.2) is 29.2 Å². The first-order chi connectivity index (χ1) is 7.63. The van der Waals surface area contributed by atoms with Crippen LogP contribution >= 0.6 is 0 Å². The number of fused-ring (bicyclic) bond motifs is 1. The molecule has 1 aromatic heterocycles. The topological polar surface area (TPSA) is 45.3 Å². The molecule has 2 rings (SSSR count). The van der Waals surface area contributed by atoms with Crippen molar-refractivity contribution in [3.05, 3.63) is 34.7 Å². The fraction of sp³-hybridized carbons (Fsp3) is 0.250. The number of rotatable bonds is 2. The SMILES string of the molecule is COc1cc(N(C)C)c2c(=O)[nH]ccc2c1. The summed E-state index contributed by atoms with van der Waals surface area (Å²) in [7, 11) is 5.43. The van der Waals surface area contributed by atoms with E-state index in [1.54, 1.807) is 13.3 Å². The van der Waals surface area contributed by atoms with Crippen molar-refractivity contribution in [2.24, 2.45) is 0 Å². The molecule has 0 atom stereocenters. The predicted octanol–water partition coefficient (Wildman–Crippen LogP) is 1.60. The van der Waals surface area contributed by atoms with Gasteiger partial charge in [0.05, 0.1) is 18.2 Å². The zero-order valence-electron chi connectivity index (χ0n) is 9.57. The highest BCUT2D eigenvalue weighted by molar-refractivity contribution is 5.94. The number of aromatic amines is 1. The average molecular weight is 218 g/mol. The lowest BCUT2D eigenvalue weighted by Gasteiger charge is -2.16. The first kappa shape index (κ1) is 10.5. The van der Waals surface area contributed by atoms with Crippen LogP contribution in [-0.4, -0.2) is 26.2 Å². The predicted molar refractivity (Wildman–Crippen MR) is 65.4 cm³/mol. The Kier molecular flexibility index (Phi) is 2.56. The summed E-state index contributed by atoms with van der Waals surface area (Å²) in [6.07, 6.45) is 1.64. The highest BCUT2D eigenvalue weighted by Gasteiger charge is 2.09. The molecule has 0 radical (unpaired) electrons. The summed E-state index contributed by atoms with van der Waals surface area (Å²) in [4.78, 5) is 16.4. The van der Waals surface area contributed by atoms with Gasteiger partial charge in [0.2, 0.25) is 0 Å². The van der Waals surface area contributed by atoms with E-state index in [1.807, 2.05) is 37.2 Å². The molecule has 1 aromatic carbocycles. The standard InChI is InChI=1S/C12H14N2O2/c1-14(2)10-7-9(16-3)6-8-4-5-13-12(15)11(8)10/h4-7H,1-3H3,(H,13,15). The smallest absolute Gasteiger partial charge is 0.257 e. The molecule has 0 saturated heterocycles. The summed E-state index contributed by atoms with van der Waals surface area (Å²) >= 11 is 0. The normalized spacial score (nSPS) is 10.4. The minimum atomic E-state index is -0.0798. The second-order valence-corrected chi connectivity index (χ2v) is 3.81. The number of pyridine rings is 1. The molecule has 1 heterocycles. The first-order valence-corrected chi connectivity index (χ1v) is 5.00. The fourth-order valence-electron chi connectivity index (χ4n) is 1.75. The maximum Gasteiger partial charge on any atom is 0.257 e. The summed E-state index contributed by atoms with van der Waals surface area (Å²) in [6.45, 7) is 0. The van der Waals surface area contributed by atoms with E-state index in [2.05, 4.69) is 4.98 Å². The molecule has 0 spiro atoms. The highest BCUT2D eigenvalue weighted by Crippen LogP contribution is 2.28. The fourth-order valence-corrected chi connectivity index (χ4v) is 1.75. The third-order valence-corrected chi connectivity index (χ3v) is 2.54. The lowest BCUT2D eigenvalue weighted by Crippen LogP contribution is -2.14. The number of nitrogens with one attached hydrogen (secondary N) is 1. The minimum absolute atomic E-state index is 0.0798. The van der Waals surface area contributed by atoms with Gasteiger partial charge in [-0.2, -0.15) is 0 Å². The summed E-state index contributed by atoms with van der Waals surface area (Å²) in [5.41, 5.74) is 0.778. The molecule has 16 heavy (non-hydrogen) atoms. The van der Waals surface area contributed by atoms with Crippen molar-refractivity contribution in [1.29, 1.82) is 0 Å². The minimum Gasteiger partial charge on any atom is -0.497 e. The van der Waals surface area contributed by atoms with Gasteiger partial charge in [-0.1, -0.05) is 0 Å². The Labute approximate surface area is 93.5 Å². The molecule has 0 saturated carbocycles. The van der Waals surface area contributed by atoms with E-state index in [0.717, 1.165) is 16.8 Å². The van der Waals surface area contributed by atoms with E-state index in [9.17, 15) is 4.79 Å². The van der Waals surface area contributed by atoms with E-state index in [-0.39, 0.29) is 5.56 Å². The molecule has 0 aliphatic carbocycles. The van der Waals surface area contributed by atoms with Crippen LogP contribution in [0, 0.1) is 0 Å². The molecule has 0 fully saturated rings. The molecule has 1 N–H and O–H groups in total. The van der Waals surface area contributed by atoms with Crippen LogP contribution in [0.4, 0.5) is 5.69 Å². The molecule has 2 aromatic rings. The second-order valence-electron chi connectivity index (χ2n) is 3.81. The van der Waals surface area contributed by atoms with Gasteiger partial charge in [0.1, 0.15) is 5.75 Å². The van der Waals surface area contributed by atoms with Crippen molar-refractivity contribution in [2.45, 2.75) is 0 Å². The quantitative estimate of drug-likeness (QED) is 0.832. The summed E-state index contributed by atoms with van der Waals surface area (Å²) in [6, 6.07) is 5.58. The summed E-state index contributed by atoms with van der Waals surface area (Å²) < 4.78 is 5.21. The number of nitrogens with zero attached hydrogens (tertiary/aromatic N) is 1. The Hall–Kier alpha value is -1.97. The van der Waals surface area contributed by atoms with Crippen LogP contribution < -0.4 is 15.2 Å². The molecule has 4 heteroatoms. The van der Waals surface area contributed by atoms with Crippen molar-refractivity contribution in [2.75, 3.05) is 26.1 Å². The first-order valence-electron chi connectivity index (χ1n) is 5.00. The molecule has 84 valence electrons. The Bertz CT molecular complexity index is 573. The molecule has 0 amide bonds. The van der Waals surface area contributed by atoms with Gasteiger partial charge >= 0.3 is 0 Å². The number of hydrogen-bond donors (Lipinski definition) is 1. The third-order valence-electron chi connectivity index (χ3n) is 2.54. The number of anilines is 1. The number of hydrogen-bond acceptors (Lipinski definition) is 3. The molecule has 0 aliphatic rings. The van der Waals surface area contributed by atoms with Crippen LogP contribution in [0.2, 0.25) is 0 Å². The lowest BCUT2D eigenvalue weighted by atomic mass is 10.1. The van der Waals surface area contributed by atoms with E-state index < -0.39 is 0 Å². The lowest BCUT2D eigenvalue weighted by molar-refractivity contribution is 0.415. The van der Waals surface area contributed by atoms with Crippen LogP contribution in [0.3, 0.4) is 0 Å². The molecule has 0 unspecified atom stereocenters.